The maximum atomic E-state index is 5.91. The number of benzene rings is 2. The van der Waals surface area contributed by atoms with E-state index in [4.69, 9.17) is 14.8 Å². The van der Waals surface area contributed by atoms with Crippen molar-refractivity contribution in [2.24, 2.45) is 0 Å². The Morgan fingerprint density at radius 1 is 1.00 bits per heavy atom. The van der Waals surface area contributed by atoms with Gasteiger partial charge in [0.25, 0.3) is 0 Å². The Kier molecular flexibility index (Phi) is 3.29. The number of hydrogen-bond donors (Lipinski definition) is 0. The average Bonchev–Trinajstić information content (AvgIpc) is 2.57. The highest BCUT2D eigenvalue weighted by molar-refractivity contribution is 6.10. The molecule has 4 radical (unpaired) electrons. The average molecular weight is 242 g/mol. The first-order chi connectivity index (χ1) is 9.29. The maximum absolute atomic E-state index is 5.91. The lowest BCUT2D eigenvalue weighted by Crippen LogP contribution is -1.93. The summed E-state index contributed by atoms with van der Waals surface area (Å²) >= 11 is 0. The van der Waals surface area contributed by atoms with Crippen molar-refractivity contribution >= 4 is 13.4 Å². The predicted octanol–water partition coefficient (Wildman–Crippen LogP) is 3.86. The van der Waals surface area contributed by atoms with Gasteiger partial charge in [-0.2, -0.15) is 0 Å². The van der Waals surface area contributed by atoms with Gasteiger partial charge < -0.3 is 0 Å². The van der Waals surface area contributed by atoms with Gasteiger partial charge in [-0.3, -0.25) is 0 Å². The van der Waals surface area contributed by atoms with Gasteiger partial charge in [0.1, 0.15) is 0 Å². The van der Waals surface area contributed by atoms with Crippen LogP contribution in [-0.4, -0.2) is 7.85 Å². The molecule has 0 heterocycles. The Labute approximate surface area is 116 Å². The third-order valence-electron chi connectivity index (χ3n) is 3.71. The second-order valence-corrected chi connectivity index (χ2v) is 4.93. The van der Waals surface area contributed by atoms with Crippen LogP contribution in [0.1, 0.15) is 27.8 Å². The van der Waals surface area contributed by atoms with E-state index in [0.717, 1.165) is 18.4 Å². The Hall–Kier alpha value is -1.76. The van der Waals surface area contributed by atoms with Gasteiger partial charge in [0.15, 0.2) is 0 Å². The number of allylic oxidation sites excluding steroid dienone is 1. The number of rotatable bonds is 1. The van der Waals surface area contributed by atoms with Gasteiger partial charge in [0.2, 0.25) is 0 Å². The Balaban J connectivity index is 2.24. The highest BCUT2D eigenvalue weighted by Gasteiger charge is 2.17. The molecule has 1 heteroatoms. The molecule has 2 aromatic carbocycles. The molecule has 1 aliphatic rings. The van der Waals surface area contributed by atoms with Crippen LogP contribution in [0.5, 0.6) is 0 Å². The summed E-state index contributed by atoms with van der Waals surface area (Å²) in [6.45, 7) is 5.91. The molecule has 0 saturated heterocycles. The van der Waals surface area contributed by atoms with Crippen molar-refractivity contribution in [3.63, 3.8) is 0 Å². The van der Waals surface area contributed by atoms with Crippen molar-refractivity contribution in [1.29, 1.82) is 0 Å². The summed E-state index contributed by atoms with van der Waals surface area (Å²) in [4.78, 5) is 0. The Morgan fingerprint density at radius 3 is 2.58 bits per heavy atom. The Bertz CT molecular complexity index is 638. The minimum absolute atomic E-state index is 0.549. The van der Waals surface area contributed by atoms with Crippen molar-refractivity contribution in [3.8, 4) is 0 Å². The van der Waals surface area contributed by atoms with Gasteiger partial charge in [-0.1, -0.05) is 54.9 Å². The maximum Gasteiger partial charge on any atom is 0.0708 e. The molecule has 0 N–H and O–H groups in total. The molecule has 90 valence electrons. The summed E-state index contributed by atoms with van der Waals surface area (Å²) in [5.74, 6) is 0. The van der Waals surface area contributed by atoms with Crippen LogP contribution in [0.15, 0.2) is 48.5 Å². The van der Waals surface area contributed by atoms with Crippen LogP contribution < -0.4 is 0 Å². The lowest BCUT2D eigenvalue weighted by atomic mass is 9.90. The van der Waals surface area contributed by atoms with E-state index < -0.39 is 0 Å². The zero-order chi connectivity index (χ0) is 13.2. The third-order valence-corrected chi connectivity index (χ3v) is 3.71. The van der Waals surface area contributed by atoms with Crippen LogP contribution in [0.2, 0.25) is 6.32 Å². The molecule has 0 unspecified atom stereocenters. The van der Waals surface area contributed by atoms with Gasteiger partial charge in [0, 0.05) is 0 Å². The zero-order valence-electron chi connectivity index (χ0n) is 10.9. The molecule has 0 amide bonds. The molecule has 1 aliphatic carbocycles. The van der Waals surface area contributed by atoms with Crippen LogP contribution in [-0.2, 0) is 12.8 Å². The highest BCUT2D eigenvalue weighted by Crippen LogP contribution is 2.34. The fraction of sp³-hybridized carbons (Fsp3) is 0.167. The van der Waals surface area contributed by atoms with E-state index in [9.17, 15) is 0 Å². The molecular formula is C18H15B. The van der Waals surface area contributed by atoms with E-state index in [1.807, 2.05) is 6.07 Å². The standard InChI is InChI=1S/C18H15B/c1-13-6-9-17-15(12-13)8-7-14-4-2-3-5-16(14)18(17)10-11-19/h1-6,9-10,12H,7-8,11H2/b18-10+. The Morgan fingerprint density at radius 2 is 1.74 bits per heavy atom. The van der Waals surface area contributed by atoms with E-state index in [1.165, 1.54) is 27.8 Å². The first kappa shape index (κ1) is 12.3. The molecular weight excluding hydrogens is 227 g/mol. The van der Waals surface area contributed by atoms with Crippen LogP contribution in [0.3, 0.4) is 0 Å². The monoisotopic (exact) mass is 242 g/mol. The van der Waals surface area contributed by atoms with Gasteiger partial charge >= 0.3 is 0 Å². The van der Waals surface area contributed by atoms with E-state index in [-0.39, 0.29) is 0 Å². The molecule has 0 atom stereocenters. The quantitative estimate of drug-likeness (QED) is 0.666. The number of hydrogen-bond acceptors (Lipinski definition) is 0. The highest BCUT2D eigenvalue weighted by atomic mass is 14.2. The molecule has 19 heavy (non-hydrogen) atoms. The van der Waals surface area contributed by atoms with Crippen molar-refractivity contribution in [1.82, 2.24) is 0 Å². The predicted molar refractivity (Wildman–Crippen MR) is 81.3 cm³/mol. The summed E-state index contributed by atoms with van der Waals surface area (Å²) in [6, 6.07) is 14.8. The minimum Gasteiger partial charge on any atom is -0.0846 e. The smallest absolute Gasteiger partial charge is 0.0708 e. The van der Waals surface area contributed by atoms with Crippen molar-refractivity contribution < 1.29 is 0 Å². The van der Waals surface area contributed by atoms with Gasteiger partial charge in [-0.15, -0.1) is 0 Å². The summed E-state index contributed by atoms with van der Waals surface area (Å²) in [5, 5.41) is 0. The fourth-order valence-electron chi connectivity index (χ4n) is 2.84. The second kappa shape index (κ2) is 5.09. The lowest BCUT2D eigenvalue weighted by Gasteiger charge is -2.12. The van der Waals surface area contributed by atoms with E-state index >= 15 is 0 Å². The molecule has 0 bridgehead atoms. The molecule has 3 rings (SSSR count). The first-order valence-electron chi connectivity index (χ1n) is 6.67. The molecule has 0 fully saturated rings. The lowest BCUT2D eigenvalue weighted by molar-refractivity contribution is 0.964. The van der Waals surface area contributed by atoms with Crippen molar-refractivity contribution in [2.45, 2.75) is 19.2 Å². The van der Waals surface area contributed by atoms with Gasteiger partial charge in [-0.05, 0) is 53.2 Å². The van der Waals surface area contributed by atoms with Crippen LogP contribution in [0, 0.1) is 6.92 Å². The summed E-state index contributed by atoms with van der Waals surface area (Å²) < 4.78 is 0. The summed E-state index contributed by atoms with van der Waals surface area (Å²) in [5.41, 5.74) is 7.34. The normalized spacial score (nSPS) is 15.7. The summed E-state index contributed by atoms with van der Waals surface area (Å²) in [7, 11) is 5.75. The van der Waals surface area contributed by atoms with E-state index in [1.54, 1.807) is 0 Å². The van der Waals surface area contributed by atoms with Crippen molar-refractivity contribution in [3.05, 3.63) is 83.3 Å². The van der Waals surface area contributed by atoms with Crippen LogP contribution in [0.25, 0.3) is 5.57 Å². The molecule has 0 aliphatic heterocycles. The van der Waals surface area contributed by atoms with Gasteiger partial charge in [0.05, 0.1) is 7.85 Å². The van der Waals surface area contributed by atoms with Crippen molar-refractivity contribution in [2.75, 3.05) is 0 Å². The molecule has 0 nitrogen and oxygen atoms in total. The molecule has 0 aromatic heterocycles. The second-order valence-electron chi connectivity index (χ2n) is 4.93. The number of aryl methyl sites for hydroxylation is 2. The molecule has 0 spiro atoms. The third kappa shape index (κ3) is 2.25. The first-order valence-corrected chi connectivity index (χ1v) is 6.67. The zero-order valence-corrected chi connectivity index (χ0v) is 10.9. The minimum atomic E-state index is 0.549. The molecule has 0 saturated carbocycles. The van der Waals surface area contributed by atoms with Gasteiger partial charge in [-0.25, -0.2) is 0 Å². The fourth-order valence-corrected chi connectivity index (χ4v) is 2.84. The number of fused-ring (bicyclic) bond motifs is 2. The van der Waals surface area contributed by atoms with Crippen LogP contribution in [0.4, 0.5) is 0 Å². The summed E-state index contributed by atoms with van der Waals surface area (Å²) in [6.07, 6.45) is 4.74. The van der Waals surface area contributed by atoms with E-state index in [0.29, 0.717) is 6.32 Å². The van der Waals surface area contributed by atoms with E-state index in [2.05, 4.69) is 42.5 Å². The topological polar surface area (TPSA) is 0 Å². The largest absolute Gasteiger partial charge is 0.0846 e. The SMILES string of the molecule is [B]C/C=C1\c2ccccc2CCc2cc([CH])ccc21. The molecule has 2 aromatic rings. The van der Waals surface area contributed by atoms with Crippen LogP contribution >= 0.6 is 0 Å².